The summed E-state index contributed by atoms with van der Waals surface area (Å²) in [7, 11) is 2.07. The normalized spacial score (nSPS) is 24.9. The largest absolute Gasteiger partial charge is 0.384 e. The second kappa shape index (κ2) is 3.92. The fourth-order valence-electron chi connectivity index (χ4n) is 2.30. The second-order valence-electron chi connectivity index (χ2n) is 4.36. The van der Waals surface area contributed by atoms with E-state index in [0.29, 0.717) is 16.5 Å². The van der Waals surface area contributed by atoms with Crippen LogP contribution in [0.25, 0.3) is 0 Å². The molecule has 0 aromatic heterocycles. The van der Waals surface area contributed by atoms with Gasteiger partial charge < -0.3 is 21.3 Å². The molecule has 86 valence electrons. The van der Waals surface area contributed by atoms with E-state index in [1.807, 2.05) is 0 Å². The molecule has 0 saturated carbocycles. The number of piperidine rings is 1. The summed E-state index contributed by atoms with van der Waals surface area (Å²) in [5.74, 6) is 0.399. The Morgan fingerprint density at radius 2 is 2.12 bits per heavy atom. The van der Waals surface area contributed by atoms with E-state index >= 15 is 0 Å². The van der Waals surface area contributed by atoms with Crippen molar-refractivity contribution in [1.82, 2.24) is 15.5 Å². The molecule has 2 aliphatic heterocycles. The van der Waals surface area contributed by atoms with Crippen molar-refractivity contribution >= 4 is 17.3 Å². The van der Waals surface area contributed by atoms with Crippen LogP contribution in [0.4, 0.5) is 0 Å². The van der Waals surface area contributed by atoms with Crippen molar-refractivity contribution in [3.05, 3.63) is 11.4 Å². The Kier molecular flexibility index (Phi) is 2.74. The second-order valence-corrected chi connectivity index (χ2v) is 4.77. The summed E-state index contributed by atoms with van der Waals surface area (Å²) in [5, 5.41) is 15.7. The van der Waals surface area contributed by atoms with Crippen LogP contribution in [0.15, 0.2) is 11.4 Å². The highest BCUT2D eigenvalue weighted by Crippen LogP contribution is 2.31. The van der Waals surface area contributed by atoms with E-state index in [-0.39, 0.29) is 5.54 Å². The van der Waals surface area contributed by atoms with Crippen molar-refractivity contribution in [2.24, 2.45) is 5.73 Å². The number of nitriles is 1. The van der Waals surface area contributed by atoms with Crippen LogP contribution in [0, 0.1) is 11.3 Å². The zero-order chi connectivity index (χ0) is 11.8. The third kappa shape index (κ3) is 1.72. The molecule has 0 bridgehead atoms. The van der Waals surface area contributed by atoms with E-state index in [9.17, 15) is 5.26 Å². The van der Waals surface area contributed by atoms with Crippen LogP contribution in [-0.2, 0) is 0 Å². The van der Waals surface area contributed by atoms with Gasteiger partial charge in [0.05, 0.1) is 11.1 Å². The average molecular weight is 237 g/mol. The lowest BCUT2D eigenvalue weighted by Gasteiger charge is -2.44. The molecule has 2 heterocycles. The SMILES string of the molecule is CN1CCC2(CC1)NC(=S)NC(N)=C2C#N. The molecule has 2 aliphatic rings. The van der Waals surface area contributed by atoms with Gasteiger partial charge in [-0.2, -0.15) is 5.26 Å². The van der Waals surface area contributed by atoms with E-state index in [1.165, 1.54) is 0 Å². The standard InChI is InChI=1S/C10H15N5S/c1-15-4-2-10(3-5-15)7(6-11)8(12)13-9(16)14-10/h2-5,12H2,1H3,(H2,13,14,16). The van der Waals surface area contributed by atoms with Crippen molar-refractivity contribution in [3.8, 4) is 6.07 Å². The van der Waals surface area contributed by atoms with Crippen molar-refractivity contribution < 1.29 is 0 Å². The van der Waals surface area contributed by atoms with Gasteiger partial charge in [-0.1, -0.05) is 0 Å². The quantitative estimate of drug-likeness (QED) is 0.499. The monoisotopic (exact) mass is 237 g/mol. The summed E-state index contributed by atoms with van der Waals surface area (Å²) in [4.78, 5) is 2.24. The molecule has 5 nitrogen and oxygen atoms in total. The van der Waals surface area contributed by atoms with Gasteiger partial charge in [0, 0.05) is 13.1 Å². The van der Waals surface area contributed by atoms with Gasteiger partial charge in [0.1, 0.15) is 11.9 Å². The Morgan fingerprint density at radius 3 is 2.69 bits per heavy atom. The van der Waals surface area contributed by atoms with Gasteiger partial charge in [-0.15, -0.1) is 0 Å². The minimum absolute atomic E-state index is 0.353. The molecule has 0 aliphatic carbocycles. The number of nitrogens with zero attached hydrogens (tertiary/aromatic N) is 2. The zero-order valence-corrected chi connectivity index (χ0v) is 10.0. The molecule has 1 saturated heterocycles. The maximum Gasteiger partial charge on any atom is 0.172 e. The summed E-state index contributed by atoms with van der Waals surface area (Å²) in [6, 6.07) is 2.20. The van der Waals surface area contributed by atoms with Gasteiger partial charge in [-0.3, -0.25) is 0 Å². The maximum absolute atomic E-state index is 9.21. The van der Waals surface area contributed by atoms with Crippen molar-refractivity contribution in [1.29, 1.82) is 5.26 Å². The van der Waals surface area contributed by atoms with E-state index in [2.05, 4.69) is 28.7 Å². The topological polar surface area (TPSA) is 77.1 Å². The first-order chi connectivity index (χ1) is 7.57. The van der Waals surface area contributed by atoms with Crippen LogP contribution in [0.1, 0.15) is 12.8 Å². The number of nitrogens with two attached hydrogens (primary N) is 1. The number of hydrogen-bond donors (Lipinski definition) is 3. The molecular weight excluding hydrogens is 222 g/mol. The molecule has 16 heavy (non-hydrogen) atoms. The lowest BCUT2D eigenvalue weighted by molar-refractivity contribution is 0.198. The fourth-order valence-corrected chi connectivity index (χ4v) is 2.60. The number of thiocarbonyl (C=S) groups is 1. The van der Waals surface area contributed by atoms with Gasteiger partial charge >= 0.3 is 0 Å². The third-order valence-electron chi connectivity index (χ3n) is 3.30. The highest BCUT2D eigenvalue weighted by atomic mass is 32.1. The third-order valence-corrected chi connectivity index (χ3v) is 3.51. The van der Waals surface area contributed by atoms with E-state index in [1.54, 1.807) is 0 Å². The number of hydrogen-bond acceptors (Lipinski definition) is 4. The van der Waals surface area contributed by atoms with Gasteiger partial charge in [-0.25, -0.2) is 0 Å². The minimum Gasteiger partial charge on any atom is -0.384 e. The molecule has 0 amide bonds. The van der Waals surface area contributed by atoms with E-state index < -0.39 is 0 Å². The van der Waals surface area contributed by atoms with E-state index in [0.717, 1.165) is 25.9 Å². The Bertz CT molecular complexity index is 387. The van der Waals surface area contributed by atoms with Crippen LogP contribution in [0.5, 0.6) is 0 Å². The molecule has 0 radical (unpaired) electrons. The van der Waals surface area contributed by atoms with Gasteiger partial charge in [0.2, 0.25) is 0 Å². The smallest absolute Gasteiger partial charge is 0.172 e. The summed E-state index contributed by atoms with van der Waals surface area (Å²) in [6.07, 6.45) is 1.71. The molecule has 4 N–H and O–H groups in total. The first-order valence-electron chi connectivity index (χ1n) is 5.25. The van der Waals surface area contributed by atoms with Crippen LogP contribution < -0.4 is 16.4 Å². The fraction of sp³-hybridized carbons (Fsp3) is 0.600. The first-order valence-corrected chi connectivity index (χ1v) is 5.66. The van der Waals surface area contributed by atoms with Gasteiger partial charge in [-0.05, 0) is 32.1 Å². The summed E-state index contributed by atoms with van der Waals surface area (Å²) in [6.45, 7) is 1.88. The molecule has 0 atom stereocenters. The Balaban J connectivity index is 2.35. The lowest BCUT2D eigenvalue weighted by Crippen LogP contribution is -2.62. The van der Waals surface area contributed by atoms with Crippen LogP contribution in [0.3, 0.4) is 0 Å². The summed E-state index contributed by atoms with van der Waals surface area (Å²) in [5.41, 5.74) is 6.06. The highest BCUT2D eigenvalue weighted by Gasteiger charge is 2.42. The van der Waals surface area contributed by atoms with Crippen LogP contribution in [0.2, 0.25) is 0 Å². The van der Waals surface area contributed by atoms with Gasteiger partial charge in [0.15, 0.2) is 5.11 Å². The minimum atomic E-state index is -0.353. The van der Waals surface area contributed by atoms with Crippen molar-refractivity contribution in [2.75, 3.05) is 20.1 Å². The van der Waals surface area contributed by atoms with E-state index in [4.69, 9.17) is 18.0 Å². The van der Waals surface area contributed by atoms with Crippen molar-refractivity contribution in [3.63, 3.8) is 0 Å². The molecule has 6 heteroatoms. The van der Waals surface area contributed by atoms with Crippen LogP contribution in [-0.4, -0.2) is 35.7 Å². The summed E-state index contributed by atoms with van der Waals surface area (Å²) < 4.78 is 0. The summed E-state index contributed by atoms with van der Waals surface area (Å²) >= 11 is 5.11. The highest BCUT2D eigenvalue weighted by molar-refractivity contribution is 7.80. The average Bonchev–Trinajstić information content (AvgIpc) is 2.22. The number of nitrogens with one attached hydrogen (secondary N) is 2. The Morgan fingerprint density at radius 1 is 1.50 bits per heavy atom. The molecule has 0 unspecified atom stereocenters. The molecule has 0 aromatic rings. The molecule has 2 rings (SSSR count). The van der Waals surface area contributed by atoms with Gasteiger partial charge in [0.25, 0.3) is 0 Å². The maximum atomic E-state index is 9.21. The Labute approximate surface area is 100 Å². The zero-order valence-electron chi connectivity index (χ0n) is 9.21. The van der Waals surface area contributed by atoms with Crippen LogP contribution >= 0.6 is 12.2 Å². The predicted octanol–water partition coefficient (Wildman–Crippen LogP) is -0.378. The number of likely N-dealkylation sites (tertiary alicyclic amines) is 1. The number of rotatable bonds is 0. The van der Waals surface area contributed by atoms with Crippen molar-refractivity contribution in [2.45, 2.75) is 18.4 Å². The first kappa shape index (κ1) is 11.2. The Hall–Kier alpha value is -1.32. The molecule has 1 fully saturated rings. The molecule has 0 aromatic carbocycles. The molecule has 1 spiro atoms. The lowest BCUT2D eigenvalue weighted by atomic mass is 9.80. The molecular formula is C10H15N5S. The predicted molar refractivity (Wildman–Crippen MR) is 65.2 cm³/mol.